The zero-order valence-electron chi connectivity index (χ0n) is 7.06. The summed E-state index contributed by atoms with van der Waals surface area (Å²) in [4.78, 5) is 22.2. The zero-order chi connectivity index (χ0) is 9.84. The van der Waals surface area contributed by atoms with E-state index in [0.717, 1.165) is 0 Å². The molecule has 1 amide bonds. The van der Waals surface area contributed by atoms with E-state index in [1.165, 1.54) is 10.6 Å². The summed E-state index contributed by atoms with van der Waals surface area (Å²) in [6, 6.07) is 3.01. The van der Waals surface area contributed by atoms with Gasteiger partial charge < -0.3 is 10.3 Å². The van der Waals surface area contributed by atoms with Gasteiger partial charge in [-0.15, -0.1) is 6.58 Å². The molecule has 2 N–H and O–H groups in total. The molecule has 0 aliphatic heterocycles. The lowest BCUT2D eigenvalue weighted by atomic mass is 10.2. The van der Waals surface area contributed by atoms with Gasteiger partial charge in [0.05, 0.1) is 0 Å². The van der Waals surface area contributed by atoms with Crippen LogP contribution < -0.4 is 11.3 Å². The molecule has 13 heavy (non-hydrogen) atoms. The van der Waals surface area contributed by atoms with Crippen LogP contribution in [0.25, 0.3) is 0 Å². The molecule has 0 aromatic carbocycles. The number of pyridine rings is 1. The van der Waals surface area contributed by atoms with Crippen LogP contribution in [0.3, 0.4) is 0 Å². The van der Waals surface area contributed by atoms with Gasteiger partial charge in [-0.3, -0.25) is 9.59 Å². The van der Waals surface area contributed by atoms with Crippen molar-refractivity contribution in [2.75, 3.05) is 0 Å². The molecule has 1 aromatic heterocycles. The third-order valence-corrected chi connectivity index (χ3v) is 1.61. The smallest absolute Gasteiger partial charge is 0.263 e. The van der Waals surface area contributed by atoms with Crippen molar-refractivity contribution in [3.05, 3.63) is 46.9 Å². The number of nitrogens with two attached hydrogens (primary N) is 1. The molecule has 68 valence electrons. The van der Waals surface area contributed by atoms with Crippen LogP contribution in [0.2, 0.25) is 0 Å². The number of aromatic nitrogens is 1. The lowest BCUT2D eigenvalue weighted by Gasteiger charge is -2.02. The molecule has 0 atom stereocenters. The van der Waals surface area contributed by atoms with E-state index in [2.05, 4.69) is 6.58 Å². The number of hydrogen-bond acceptors (Lipinski definition) is 2. The molecule has 0 saturated carbocycles. The van der Waals surface area contributed by atoms with Gasteiger partial charge in [0.2, 0.25) is 0 Å². The van der Waals surface area contributed by atoms with Crippen LogP contribution in [-0.4, -0.2) is 10.5 Å². The van der Waals surface area contributed by atoms with Crippen molar-refractivity contribution in [1.29, 1.82) is 0 Å². The summed E-state index contributed by atoms with van der Waals surface area (Å²) < 4.78 is 1.37. The van der Waals surface area contributed by atoms with Gasteiger partial charge in [0.15, 0.2) is 0 Å². The van der Waals surface area contributed by atoms with E-state index in [4.69, 9.17) is 5.73 Å². The number of rotatable bonds is 3. The minimum absolute atomic E-state index is 0.00403. The summed E-state index contributed by atoms with van der Waals surface area (Å²) in [6.45, 7) is 3.87. The summed E-state index contributed by atoms with van der Waals surface area (Å²) in [7, 11) is 0. The maximum absolute atomic E-state index is 11.4. The van der Waals surface area contributed by atoms with Crippen molar-refractivity contribution >= 4 is 5.91 Å². The predicted octanol–water partition coefficient (Wildman–Crippen LogP) is 0.133. The van der Waals surface area contributed by atoms with Crippen molar-refractivity contribution < 1.29 is 4.79 Å². The highest BCUT2D eigenvalue weighted by molar-refractivity contribution is 5.92. The van der Waals surface area contributed by atoms with Crippen LogP contribution in [0.5, 0.6) is 0 Å². The number of amides is 1. The Morgan fingerprint density at radius 2 is 2.38 bits per heavy atom. The van der Waals surface area contributed by atoms with Gasteiger partial charge in [0, 0.05) is 12.7 Å². The normalized spacial score (nSPS) is 9.54. The van der Waals surface area contributed by atoms with Gasteiger partial charge in [-0.2, -0.15) is 0 Å². The van der Waals surface area contributed by atoms with Gasteiger partial charge in [0.1, 0.15) is 5.56 Å². The van der Waals surface area contributed by atoms with E-state index in [-0.39, 0.29) is 11.1 Å². The number of primary amides is 1. The molecule has 0 radical (unpaired) electrons. The average Bonchev–Trinajstić information content (AvgIpc) is 2.08. The second-order valence-corrected chi connectivity index (χ2v) is 2.53. The van der Waals surface area contributed by atoms with E-state index in [0.29, 0.717) is 6.54 Å². The van der Waals surface area contributed by atoms with E-state index >= 15 is 0 Å². The van der Waals surface area contributed by atoms with Gasteiger partial charge >= 0.3 is 0 Å². The van der Waals surface area contributed by atoms with E-state index in [1.807, 2.05) is 0 Å². The fourth-order valence-corrected chi connectivity index (χ4v) is 1.01. The summed E-state index contributed by atoms with van der Waals surface area (Å²) >= 11 is 0. The summed E-state index contributed by atoms with van der Waals surface area (Å²) in [6.07, 6.45) is 3.16. The molecule has 1 rings (SSSR count). The molecule has 0 unspecified atom stereocenters. The van der Waals surface area contributed by atoms with Crippen molar-refractivity contribution in [2.24, 2.45) is 5.73 Å². The number of nitrogens with zero attached hydrogens (tertiary/aromatic N) is 1. The summed E-state index contributed by atoms with van der Waals surface area (Å²) in [5.74, 6) is -0.705. The minimum atomic E-state index is -0.705. The monoisotopic (exact) mass is 178 g/mol. The first-order valence-corrected chi connectivity index (χ1v) is 3.77. The standard InChI is InChI=1S/C9H10N2O2/c1-2-5-11-6-3-4-7(8(10)12)9(11)13/h2-4,6H,1,5H2,(H2,10,12). The lowest BCUT2D eigenvalue weighted by Crippen LogP contribution is -2.28. The van der Waals surface area contributed by atoms with Gasteiger partial charge in [-0.05, 0) is 12.1 Å². The molecule has 0 aliphatic rings. The van der Waals surface area contributed by atoms with Crippen LogP contribution in [-0.2, 0) is 6.54 Å². The quantitative estimate of drug-likeness (QED) is 0.669. The molecule has 0 saturated heterocycles. The Morgan fingerprint density at radius 3 is 2.92 bits per heavy atom. The van der Waals surface area contributed by atoms with Crippen molar-refractivity contribution in [1.82, 2.24) is 4.57 Å². The lowest BCUT2D eigenvalue weighted by molar-refractivity contribution is 0.0998. The number of hydrogen-bond donors (Lipinski definition) is 1. The highest BCUT2D eigenvalue weighted by atomic mass is 16.2. The Kier molecular flexibility index (Phi) is 2.64. The molecular formula is C9H10N2O2. The highest BCUT2D eigenvalue weighted by Gasteiger charge is 2.06. The Balaban J connectivity index is 3.26. The van der Waals surface area contributed by atoms with Crippen molar-refractivity contribution in [3.8, 4) is 0 Å². The van der Waals surface area contributed by atoms with Crippen molar-refractivity contribution in [3.63, 3.8) is 0 Å². The minimum Gasteiger partial charge on any atom is -0.365 e. The van der Waals surface area contributed by atoms with E-state index < -0.39 is 5.91 Å². The molecule has 0 bridgehead atoms. The van der Waals surface area contributed by atoms with Crippen LogP contribution in [0, 0.1) is 0 Å². The first-order valence-electron chi connectivity index (χ1n) is 3.77. The number of carbonyl (C=O) groups is 1. The molecule has 4 nitrogen and oxygen atoms in total. The van der Waals surface area contributed by atoms with E-state index in [9.17, 15) is 9.59 Å². The molecule has 1 heterocycles. The SMILES string of the molecule is C=CCn1cccc(C(N)=O)c1=O. The first kappa shape index (κ1) is 9.25. The second kappa shape index (κ2) is 3.71. The Hall–Kier alpha value is -1.84. The average molecular weight is 178 g/mol. The Morgan fingerprint density at radius 1 is 1.69 bits per heavy atom. The molecule has 4 heteroatoms. The number of allylic oxidation sites excluding steroid dienone is 1. The Bertz CT molecular complexity index is 393. The fourth-order valence-electron chi connectivity index (χ4n) is 1.01. The maximum Gasteiger partial charge on any atom is 0.263 e. The molecule has 0 spiro atoms. The fraction of sp³-hybridized carbons (Fsp3) is 0.111. The highest BCUT2D eigenvalue weighted by Crippen LogP contribution is 1.90. The van der Waals surface area contributed by atoms with Crippen LogP contribution in [0.4, 0.5) is 0 Å². The maximum atomic E-state index is 11.4. The van der Waals surface area contributed by atoms with Crippen LogP contribution in [0.1, 0.15) is 10.4 Å². The summed E-state index contributed by atoms with van der Waals surface area (Å²) in [5, 5.41) is 0. The third kappa shape index (κ3) is 1.84. The van der Waals surface area contributed by atoms with Gasteiger partial charge in [-0.1, -0.05) is 6.08 Å². The topological polar surface area (TPSA) is 65.1 Å². The van der Waals surface area contributed by atoms with Crippen molar-refractivity contribution in [2.45, 2.75) is 6.54 Å². The molecule has 0 aliphatic carbocycles. The zero-order valence-corrected chi connectivity index (χ0v) is 7.06. The molecule has 0 fully saturated rings. The van der Waals surface area contributed by atoms with Gasteiger partial charge in [0.25, 0.3) is 11.5 Å². The van der Waals surface area contributed by atoms with Crippen LogP contribution in [0.15, 0.2) is 35.8 Å². The first-order chi connectivity index (χ1) is 6.16. The van der Waals surface area contributed by atoms with E-state index in [1.54, 1.807) is 18.3 Å². The second-order valence-electron chi connectivity index (χ2n) is 2.53. The third-order valence-electron chi connectivity index (χ3n) is 1.61. The number of carbonyl (C=O) groups excluding carboxylic acids is 1. The van der Waals surface area contributed by atoms with Gasteiger partial charge in [-0.25, -0.2) is 0 Å². The largest absolute Gasteiger partial charge is 0.365 e. The Labute approximate surface area is 75.3 Å². The molecule has 1 aromatic rings. The predicted molar refractivity (Wildman–Crippen MR) is 49.4 cm³/mol. The molecular weight excluding hydrogens is 168 g/mol. The summed E-state index contributed by atoms with van der Waals surface area (Å²) in [5.41, 5.74) is 4.63. The van der Waals surface area contributed by atoms with Crippen LogP contribution >= 0.6 is 0 Å².